The Balaban J connectivity index is 5.00. The number of carbonyl (C=O) groups excluding carboxylic acids is 2. The van der Waals surface area contributed by atoms with Crippen LogP contribution in [0.15, 0.2) is 0 Å². The van der Waals surface area contributed by atoms with E-state index < -0.39 is 66.1 Å². The number of amides is 1. The molecule has 1 atom stereocenters. The predicted octanol–water partition coefficient (Wildman–Crippen LogP) is 11.5. The number of halogens is 15. The van der Waals surface area contributed by atoms with Crippen molar-refractivity contribution in [3.63, 3.8) is 0 Å². The maximum Gasteiger partial charge on any atom is 0.460 e. The second kappa shape index (κ2) is 20.2. The van der Waals surface area contributed by atoms with E-state index in [2.05, 4.69) is 6.92 Å². The molecule has 0 fully saturated rings. The van der Waals surface area contributed by atoms with E-state index in [0.29, 0.717) is 6.42 Å². The molecule has 0 aliphatic rings. The van der Waals surface area contributed by atoms with Gasteiger partial charge in [0.1, 0.15) is 6.04 Å². The van der Waals surface area contributed by atoms with Crippen molar-refractivity contribution in [1.82, 2.24) is 5.32 Å². The standard InChI is InChI=1S/C31H46F15NO3/c1-3-5-6-7-8-9-10-11-12-13-14-15-16-17-18-19-21-50-23(48)22(20-4-2)47-24(49)25(32,33)26(34,35)27(36,37)28(38,39)29(40,41)30(42,43)31(44,45)46/h22H,3-21H2,1-2H3,(H,47,49). The van der Waals surface area contributed by atoms with Crippen LogP contribution in [0.2, 0.25) is 0 Å². The van der Waals surface area contributed by atoms with Crippen molar-refractivity contribution in [2.24, 2.45) is 0 Å². The monoisotopic (exact) mass is 765 g/mol. The second-order valence-corrected chi connectivity index (χ2v) is 12.2. The first kappa shape index (κ1) is 47.9. The number of unbranched alkanes of at least 4 members (excludes halogenated alkanes) is 15. The minimum Gasteiger partial charge on any atom is -0.464 e. The lowest BCUT2D eigenvalue weighted by molar-refractivity contribution is -0.449. The summed E-state index contributed by atoms with van der Waals surface area (Å²) in [6, 6.07) is -2.28. The van der Waals surface area contributed by atoms with Crippen molar-refractivity contribution in [3.05, 3.63) is 0 Å². The third-order valence-corrected chi connectivity index (χ3v) is 8.02. The zero-order valence-electron chi connectivity index (χ0n) is 27.9. The predicted molar refractivity (Wildman–Crippen MR) is 153 cm³/mol. The maximum absolute atomic E-state index is 14.2. The third kappa shape index (κ3) is 12.0. The highest BCUT2D eigenvalue weighted by atomic mass is 19.4. The number of hydrogen-bond donors (Lipinski definition) is 1. The van der Waals surface area contributed by atoms with E-state index in [-0.39, 0.29) is 19.4 Å². The van der Waals surface area contributed by atoms with Crippen LogP contribution in [-0.2, 0) is 14.3 Å². The first-order chi connectivity index (χ1) is 22.8. The van der Waals surface area contributed by atoms with Crippen molar-refractivity contribution >= 4 is 11.9 Å². The van der Waals surface area contributed by atoms with Gasteiger partial charge in [0.2, 0.25) is 0 Å². The van der Waals surface area contributed by atoms with Crippen LogP contribution in [0.1, 0.15) is 129 Å². The molecule has 0 aromatic carbocycles. The highest BCUT2D eigenvalue weighted by Crippen LogP contribution is 2.62. The number of hydrogen-bond acceptors (Lipinski definition) is 3. The number of rotatable bonds is 27. The number of esters is 1. The SMILES string of the molecule is CCCCCCCCCCCCCCCCCCOC(=O)C(CCC)NC(=O)C(F)(F)C(F)(F)C(F)(F)C(F)(F)C(F)(F)C(F)(F)C(F)(F)F. The quantitative estimate of drug-likeness (QED) is 0.0515. The molecule has 0 radical (unpaired) electrons. The van der Waals surface area contributed by atoms with Gasteiger partial charge in [-0.2, -0.15) is 65.9 Å². The van der Waals surface area contributed by atoms with E-state index in [1.807, 2.05) is 0 Å². The average Bonchev–Trinajstić information content (AvgIpc) is 3.01. The molecule has 1 N–H and O–H groups in total. The van der Waals surface area contributed by atoms with Crippen LogP contribution in [0, 0.1) is 0 Å². The molecule has 0 heterocycles. The molecule has 1 unspecified atom stereocenters. The van der Waals surface area contributed by atoms with E-state index in [4.69, 9.17) is 4.74 Å². The number of alkyl halides is 15. The smallest absolute Gasteiger partial charge is 0.460 e. The molecule has 0 aromatic rings. The molecular formula is C31H46F15NO3. The van der Waals surface area contributed by atoms with E-state index in [1.165, 1.54) is 58.3 Å². The molecule has 298 valence electrons. The van der Waals surface area contributed by atoms with E-state index in [9.17, 15) is 75.4 Å². The summed E-state index contributed by atoms with van der Waals surface area (Å²) in [5, 5.41) is 0.850. The van der Waals surface area contributed by atoms with Gasteiger partial charge < -0.3 is 10.1 Å². The molecule has 0 aliphatic carbocycles. The van der Waals surface area contributed by atoms with Gasteiger partial charge in [0.15, 0.2) is 0 Å². The maximum atomic E-state index is 14.2. The normalized spacial score (nSPS) is 14.5. The van der Waals surface area contributed by atoms with E-state index in [0.717, 1.165) is 43.8 Å². The summed E-state index contributed by atoms with van der Waals surface area (Å²) in [4.78, 5) is 24.1. The Morgan fingerprint density at radius 3 is 1.18 bits per heavy atom. The van der Waals surface area contributed by atoms with Crippen LogP contribution in [0.4, 0.5) is 65.9 Å². The summed E-state index contributed by atoms with van der Waals surface area (Å²) in [6.45, 7) is 3.06. The van der Waals surface area contributed by atoms with Gasteiger partial charge in [0, 0.05) is 0 Å². The Bertz CT molecular complexity index is 1000. The first-order valence-electron chi connectivity index (χ1n) is 16.6. The van der Waals surface area contributed by atoms with Crippen LogP contribution in [0.3, 0.4) is 0 Å². The van der Waals surface area contributed by atoms with Gasteiger partial charge in [-0.1, -0.05) is 117 Å². The Morgan fingerprint density at radius 1 is 0.480 bits per heavy atom. The minimum atomic E-state index is -8.51. The van der Waals surface area contributed by atoms with Crippen molar-refractivity contribution in [2.45, 2.75) is 177 Å². The number of ether oxygens (including phenoxy) is 1. The van der Waals surface area contributed by atoms with Gasteiger partial charge in [-0.3, -0.25) is 4.79 Å². The molecule has 4 nitrogen and oxygen atoms in total. The summed E-state index contributed by atoms with van der Waals surface area (Å²) in [5.74, 6) is -53.8. The minimum absolute atomic E-state index is 0.186. The molecule has 0 spiro atoms. The van der Waals surface area contributed by atoms with Gasteiger partial charge in [0.05, 0.1) is 6.61 Å². The summed E-state index contributed by atoms with van der Waals surface area (Å²) in [7, 11) is 0. The number of nitrogens with one attached hydrogen (secondary N) is 1. The molecule has 1 amide bonds. The molecule has 0 rings (SSSR count). The van der Waals surface area contributed by atoms with E-state index >= 15 is 0 Å². The van der Waals surface area contributed by atoms with Gasteiger partial charge in [-0.15, -0.1) is 0 Å². The lowest BCUT2D eigenvalue weighted by Gasteiger charge is -2.41. The summed E-state index contributed by atoms with van der Waals surface area (Å²) < 4.78 is 206. The molecule has 19 heteroatoms. The highest BCUT2D eigenvalue weighted by Gasteiger charge is 2.94. The van der Waals surface area contributed by atoms with Crippen LogP contribution in [-0.4, -0.2) is 66.2 Å². The fourth-order valence-corrected chi connectivity index (χ4v) is 4.82. The average molecular weight is 766 g/mol. The topological polar surface area (TPSA) is 55.4 Å². The van der Waals surface area contributed by atoms with E-state index in [1.54, 1.807) is 0 Å². The summed E-state index contributed by atoms with van der Waals surface area (Å²) >= 11 is 0. The molecule has 50 heavy (non-hydrogen) atoms. The van der Waals surface area contributed by atoms with Crippen LogP contribution in [0.5, 0.6) is 0 Å². The highest BCUT2D eigenvalue weighted by molar-refractivity contribution is 5.89. The van der Waals surface area contributed by atoms with Crippen molar-refractivity contribution in [3.8, 4) is 0 Å². The Labute approximate surface area is 281 Å². The molecule has 0 aliphatic heterocycles. The van der Waals surface area contributed by atoms with Gasteiger partial charge in [-0.25, -0.2) is 4.79 Å². The zero-order chi connectivity index (χ0) is 39.1. The largest absolute Gasteiger partial charge is 0.464 e. The Morgan fingerprint density at radius 2 is 0.820 bits per heavy atom. The van der Waals surface area contributed by atoms with Gasteiger partial charge in [0.25, 0.3) is 5.91 Å². The summed E-state index contributed by atoms with van der Waals surface area (Å²) in [5.41, 5.74) is 0. The zero-order valence-corrected chi connectivity index (χ0v) is 27.9. The van der Waals surface area contributed by atoms with Crippen LogP contribution < -0.4 is 5.32 Å². The molecule has 0 saturated heterocycles. The van der Waals surface area contributed by atoms with Crippen LogP contribution >= 0.6 is 0 Å². The van der Waals surface area contributed by atoms with Crippen molar-refractivity contribution < 1.29 is 80.2 Å². The lowest BCUT2D eigenvalue weighted by atomic mass is 9.90. The Kier molecular flexibility index (Phi) is 19.4. The second-order valence-electron chi connectivity index (χ2n) is 12.2. The van der Waals surface area contributed by atoms with Crippen LogP contribution in [0.25, 0.3) is 0 Å². The van der Waals surface area contributed by atoms with Gasteiger partial charge >= 0.3 is 47.7 Å². The molecule has 0 aromatic heterocycles. The molecular weight excluding hydrogens is 719 g/mol. The number of carbonyl (C=O) groups is 2. The third-order valence-electron chi connectivity index (χ3n) is 8.02. The summed E-state index contributed by atoms with van der Waals surface area (Å²) in [6.07, 6.45) is 7.82. The molecule has 0 bridgehead atoms. The lowest BCUT2D eigenvalue weighted by Crippen LogP contribution is -2.74. The van der Waals surface area contributed by atoms with Crippen molar-refractivity contribution in [1.29, 1.82) is 0 Å². The van der Waals surface area contributed by atoms with Gasteiger partial charge in [-0.05, 0) is 12.8 Å². The van der Waals surface area contributed by atoms with Crippen molar-refractivity contribution in [2.75, 3.05) is 6.61 Å². The molecule has 0 saturated carbocycles. The Hall–Kier alpha value is -2.11. The fourth-order valence-electron chi connectivity index (χ4n) is 4.82. The first-order valence-corrected chi connectivity index (χ1v) is 16.6. The fraction of sp³-hybridized carbons (Fsp3) is 0.935.